The van der Waals surface area contributed by atoms with Crippen LogP contribution in [0.5, 0.6) is 0 Å². The Kier molecular flexibility index (Phi) is 6.20. The molecule has 0 spiro atoms. The Labute approximate surface area is 192 Å². The number of aromatic nitrogens is 1. The van der Waals surface area contributed by atoms with E-state index in [1.807, 2.05) is 29.6 Å². The summed E-state index contributed by atoms with van der Waals surface area (Å²) in [5, 5.41) is 3.20. The lowest BCUT2D eigenvalue weighted by atomic mass is 10.2. The maximum absolute atomic E-state index is 13.0. The van der Waals surface area contributed by atoms with Crippen molar-refractivity contribution < 1.29 is 8.42 Å². The summed E-state index contributed by atoms with van der Waals surface area (Å²) in [6.07, 6.45) is 0. The number of thiazole rings is 1. The van der Waals surface area contributed by atoms with Gasteiger partial charge in [-0.25, -0.2) is 13.4 Å². The minimum atomic E-state index is -3.70. The lowest BCUT2D eigenvalue weighted by molar-refractivity contribution is 0.385. The van der Waals surface area contributed by atoms with Gasteiger partial charge in [-0.05, 0) is 24.3 Å². The van der Waals surface area contributed by atoms with Gasteiger partial charge >= 0.3 is 0 Å². The molecule has 152 valence electrons. The molecule has 1 aliphatic rings. The van der Waals surface area contributed by atoms with E-state index in [1.165, 1.54) is 10.4 Å². The molecule has 1 saturated heterocycles. The van der Waals surface area contributed by atoms with Crippen LogP contribution in [0.1, 0.15) is 0 Å². The fourth-order valence-corrected chi connectivity index (χ4v) is 6.58. The molecule has 0 amide bonds. The summed E-state index contributed by atoms with van der Waals surface area (Å²) in [5.74, 6) is 0. The van der Waals surface area contributed by atoms with Crippen molar-refractivity contribution in [3.05, 3.63) is 62.4 Å². The van der Waals surface area contributed by atoms with Crippen molar-refractivity contribution in [2.75, 3.05) is 31.1 Å². The normalized spacial score (nSPS) is 15.6. The van der Waals surface area contributed by atoms with Gasteiger partial charge in [0, 0.05) is 41.6 Å². The van der Waals surface area contributed by atoms with Gasteiger partial charge in [0.05, 0.1) is 15.7 Å². The minimum Gasteiger partial charge on any atom is -0.345 e. The number of hydrogen-bond donors (Lipinski definition) is 0. The van der Waals surface area contributed by atoms with Crippen LogP contribution in [-0.4, -0.2) is 43.9 Å². The fraction of sp³-hybridized carbons (Fsp3) is 0.211. The van der Waals surface area contributed by atoms with E-state index in [-0.39, 0.29) is 14.9 Å². The van der Waals surface area contributed by atoms with Gasteiger partial charge in [-0.3, -0.25) is 0 Å². The summed E-state index contributed by atoms with van der Waals surface area (Å²) in [6.45, 7) is 1.83. The predicted octanol–water partition coefficient (Wildman–Crippen LogP) is 5.39. The van der Waals surface area contributed by atoms with Crippen LogP contribution in [0.4, 0.5) is 5.13 Å². The van der Waals surface area contributed by atoms with E-state index in [0.29, 0.717) is 26.2 Å². The number of hydrogen-bond acceptors (Lipinski definition) is 5. The zero-order chi connectivity index (χ0) is 20.6. The Morgan fingerprint density at radius 3 is 2.48 bits per heavy atom. The molecular weight excluding hydrogens is 517 g/mol. The number of benzene rings is 2. The molecule has 1 aliphatic heterocycles. The van der Waals surface area contributed by atoms with E-state index in [9.17, 15) is 8.42 Å². The third-order valence-electron chi connectivity index (χ3n) is 4.66. The Hall–Kier alpha value is -1.16. The average molecular weight is 533 g/mol. The number of rotatable bonds is 4. The van der Waals surface area contributed by atoms with Crippen molar-refractivity contribution in [2.24, 2.45) is 0 Å². The molecule has 2 aromatic carbocycles. The van der Waals surface area contributed by atoms with Crippen LogP contribution in [0, 0.1) is 0 Å². The van der Waals surface area contributed by atoms with Crippen molar-refractivity contribution in [3.8, 4) is 11.3 Å². The molecule has 0 unspecified atom stereocenters. The van der Waals surface area contributed by atoms with Crippen LogP contribution in [-0.2, 0) is 10.0 Å². The molecular formula is C19H16BrCl2N3O2S2. The third kappa shape index (κ3) is 4.33. The van der Waals surface area contributed by atoms with Crippen LogP contribution >= 0.6 is 50.5 Å². The first-order valence-corrected chi connectivity index (χ1v) is 12.6. The smallest absolute Gasteiger partial charge is 0.244 e. The molecule has 10 heteroatoms. The third-order valence-corrected chi connectivity index (χ3v) is 8.92. The highest BCUT2D eigenvalue weighted by atomic mass is 79.9. The fourth-order valence-electron chi connectivity index (χ4n) is 3.13. The number of halogens is 3. The molecule has 1 aromatic heterocycles. The summed E-state index contributed by atoms with van der Waals surface area (Å²) in [5.41, 5.74) is 1.95. The second kappa shape index (κ2) is 8.53. The Balaban J connectivity index is 1.48. The Morgan fingerprint density at radius 1 is 1.03 bits per heavy atom. The van der Waals surface area contributed by atoms with Gasteiger partial charge in [0.15, 0.2) is 5.13 Å². The molecule has 0 bridgehead atoms. The highest BCUT2D eigenvalue weighted by molar-refractivity contribution is 9.10. The van der Waals surface area contributed by atoms with Gasteiger partial charge in [0.25, 0.3) is 0 Å². The molecule has 3 aromatic rings. The lowest BCUT2D eigenvalue weighted by Gasteiger charge is -2.34. The second-order valence-electron chi connectivity index (χ2n) is 6.47. The Morgan fingerprint density at radius 2 is 1.76 bits per heavy atom. The highest BCUT2D eigenvalue weighted by Gasteiger charge is 2.31. The minimum absolute atomic E-state index is 0.0475. The zero-order valence-electron chi connectivity index (χ0n) is 15.1. The lowest BCUT2D eigenvalue weighted by Crippen LogP contribution is -2.48. The largest absolute Gasteiger partial charge is 0.345 e. The number of piperazine rings is 1. The van der Waals surface area contributed by atoms with Crippen LogP contribution in [0.15, 0.2) is 57.2 Å². The molecule has 0 atom stereocenters. The van der Waals surface area contributed by atoms with Crippen LogP contribution in [0.3, 0.4) is 0 Å². The van der Waals surface area contributed by atoms with Gasteiger partial charge in [-0.1, -0.05) is 57.3 Å². The van der Waals surface area contributed by atoms with Gasteiger partial charge < -0.3 is 4.90 Å². The molecule has 0 N–H and O–H groups in total. The summed E-state index contributed by atoms with van der Waals surface area (Å²) in [4.78, 5) is 6.89. The molecule has 2 heterocycles. The van der Waals surface area contributed by atoms with Gasteiger partial charge in [0.2, 0.25) is 10.0 Å². The summed E-state index contributed by atoms with van der Waals surface area (Å²) >= 11 is 17.2. The highest BCUT2D eigenvalue weighted by Crippen LogP contribution is 2.33. The van der Waals surface area contributed by atoms with E-state index in [0.717, 1.165) is 20.9 Å². The van der Waals surface area contributed by atoms with E-state index in [4.69, 9.17) is 28.2 Å². The van der Waals surface area contributed by atoms with Crippen molar-refractivity contribution in [2.45, 2.75) is 4.90 Å². The van der Waals surface area contributed by atoms with E-state index in [2.05, 4.69) is 20.8 Å². The van der Waals surface area contributed by atoms with Crippen LogP contribution in [0.25, 0.3) is 11.3 Å². The van der Waals surface area contributed by atoms with Crippen molar-refractivity contribution in [1.29, 1.82) is 0 Å². The summed E-state index contributed by atoms with van der Waals surface area (Å²) in [6, 6.07) is 12.6. The molecule has 1 fully saturated rings. The second-order valence-corrected chi connectivity index (χ2v) is 10.9. The summed E-state index contributed by atoms with van der Waals surface area (Å²) < 4.78 is 28.4. The quantitative estimate of drug-likeness (QED) is 0.452. The summed E-state index contributed by atoms with van der Waals surface area (Å²) in [7, 11) is -3.70. The molecule has 0 radical (unpaired) electrons. The van der Waals surface area contributed by atoms with Crippen LogP contribution in [0.2, 0.25) is 10.0 Å². The first kappa shape index (κ1) is 21.1. The topological polar surface area (TPSA) is 53.5 Å². The number of sulfonamides is 1. The maximum atomic E-state index is 13.0. The Bertz CT molecular complexity index is 1150. The average Bonchev–Trinajstić information content (AvgIpc) is 3.20. The van der Waals surface area contributed by atoms with Crippen molar-refractivity contribution in [3.63, 3.8) is 0 Å². The first-order valence-electron chi connectivity index (χ1n) is 8.77. The van der Waals surface area contributed by atoms with E-state index in [1.54, 1.807) is 23.5 Å². The standard InChI is InChI=1S/C19H16BrCl2N3O2S2/c20-14-4-1-3-13(11-14)16-12-28-19(23-16)24-7-9-25(10-8-24)29(26,27)17-6-2-5-15(21)18(17)22/h1-6,11-12H,7-10H2. The van der Waals surface area contributed by atoms with Gasteiger partial charge in [-0.15, -0.1) is 11.3 Å². The molecule has 4 rings (SSSR count). The van der Waals surface area contributed by atoms with Gasteiger partial charge in [-0.2, -0.15) is 4.31 Å². The monoisotopic (exact) mass is 531 g/mol. The number of nitrogens with zero attached hydrogens (tertiary/aromatic N) is 3. The van der Waals surface area contributed by atoms with Crippen molar-refractivity contribution >= 4 is 65.6 Å². The molecule has 5 nitrogen and oxygen atoms in total. The van der Waals surface area contributed by atoms with Crippen molar-refractivity contribution in [1.82, 2.24) is 9.29 Å². The van der Waals surface area contributed by atoms with Crippen LogP contribution < -0.4 is 4.90 Å². The zero-order valence-corrected chi connectivity index (χ0v) is 19.8. The number of anilines is 1. The van der Waals surface area contributed by atoms with E-state index < -0.39 is 10.0 Å². The molecule has 0 saturated carbocycles. The molecule has 0 aliphatic carbocycles. The van der Waals surface area contributed by atoms with Gasteiger partial charge in [0.1, 0.15) is 4.90 Å². The SMILES string of the molecule is O=S(=O)(c1cccc(Cl)c1Cl)N1CCN(c2nc(-c3cccc(Br)c3)cs2)CC1. The maximum Gasteiger partial charge on any atom is 0.244 e. The van der Waals surface area contributed by atoms with E-state index >= 15 is 0 Å². The molecule has 29 heavy (non-hydrogen) atoms. The first-order chi connectivity index (χ1) is 13.9. The predicted molar refractivity (Wildman–Crippen MR) is 123 cm³/mol.